The molecule has 3 aliphatic heterocycles. The molecule has 0 saturated carbocycles. The monoisotopic (exact) mass is 671 g/mol. The number of aliphatic hydroxyl groups excluding tert-OH is 1. The molecular formula is C39H49N3O7. The van der Waals surface area contributed by atoms with Gasteiger partial charge in [-0.15, -0.1) is 13.2 Å². The zero-order chi connectivity index (χ0) is 35.1. The predicted octanol–water partition coefficient (Wildman–Crippen LogP) is 4.73. The van der Waals surface area contributed by atoms with Crippen molar-refractivity contribution in [1.29, 1.82) is 0 Å². The largest absolute Gasteiger partial charge is 0.455 e. The zero-order valence-electron chi connectivity index (χ0n) is 28.6. The number of carbonyl (C=O) groups is 4. The number of nitrogens with one attached hydrogen (secondary N) is 1. The topological polar surface area (TPSA) is 125 Å². The fraction of sp³-hybridized carbons (Fsp3) is 0.487. The number of anilines is 1. The van der Waals surface area contributed by atoms with Gasteiger partial charge in [0.15, 0.2) is 0 Å². The van der Waals surface area contributed by atoms with Crippen LogP contribution >= 0.6 is 0 Å². The second-order valence-electron chi connectivity index (χ2n) is 13.4. The normalized spacial score (nSPS) is 24.3. The predicted molar refractivity (Wildman–Crippen MR) is 186 cm³/mol. The Bertz CT molecular complexity index is 1540. The van der Waals surface area contributed by atoms with Crippen molar-refractivity contribution in [2.24, 2.45) is 11.8 Å². The molecule has 0 aliphatic carbocycles. The maximum absolute atomic E-state index is 14.8. The van der Waals surface area contributed by atoms with Crippen LogP contribution in [0.15, 0.2) is 73.8 Å². The Morgan fingerprint density at radius 3 is 2.61 bits per heavy atom. The van der Waals surface area contributed by atoms with E-state index in [1.807, 2.05) is 62.4 Å². The van der Waals surface area contributed by atoms with E-state index >= 15 is 0 Å². The molecular weight excluding hydrogens is 622 g/mol. The highest BCUT2D eigenvalue weighted by Crippen LogP contribution is 2.59. The lowest BCUT2D eigenvalue weighted by molar-refractivity contribution is -0.160. The van der Waals surface area contributed by atoms with E-state index in [0.29, 0.717) is 50.6 Å². The fourth-order valence-electron chi connectivity index (χ4n) is 7.75. The highest BCUT2D eigenvalue weighted by Gasteiger charge is 2.75. The minimum atomic E-state index is -1.20. The van der Waals surface area contributed by atoms with Crippen LogP contribution in [0.5, 0.6) is 0 Å². The van der Waals surface area contributed by atoms with Gasteiger partial charge in [0, 0.05) is 31.8 Å². The molecule has 10 heteroatoms. The molecule has 3 saturated heterocycles. The van der Waals surface area contributed by atoms with Crippen molar-refractivity contribution in [3.05, 3.63) is 90.5 Å². The van der Waals surface area contributed by atoms with E-state index in [2.05, 4.69) is 18.5 Å². The number of carbonyl (C=O) groups excluding carboxylic acids is 4. The van der Waals surface area contributed by atoms with E-state index in [-0.39, 0.29) is 43.8 Å². The van der Waals surface area contributed by atoms with Crippen LogP contribution in [0, 0.1) is 25.7 Å². The van der Waals surface area contributed by atoms with Crippen LogP contribution in [0.1, 0.15) is 67.7 Å². The molecule has 3 heterocycles. The maximum Gasteiger partial charge on any atom is 0.313 e. The quantitative estimate of drug-likeness (QED) is 0.142. The molecule has 6 atom stereocenters. The number of hydrogen-bond donors (Lipinski definition) is 2. The van der Waals surface area contributed by atoms with Crippen LogP contribution in [0.25, 0.3) is 0 Å². The summed E-state index contributed by atoms with van der Waals surface area (Å²) < 4.78 is 12.8. The Morgan fingerprint density at radius 2 is 1.90 bits per heavy atom. The molecule has 3 aliphatic rings. The van der Waals surface area contributed by atoms with E-state index < -0.39 is 41.7 Å². The number of esters is 1. The van der Waals surface area contributed by atoms with Gasteiger partial charge in [0.05, 0.1) is 24.5 Å². The van der Waals surface area contributed by atoms with Gasteiger partial charge in [-0.25, -0.2) is 0 Å². The lowest BCUT2D eigenvalue weighted by Crippen LogP contribution is -2.56. The van der Waals surface area contributed by atoms with E-state index in [9.17, 15) is 24.3 Å². The molecule has 0 radical (unpaired) electrons. The number of hydrogen-bond acceptors (Lipinski definition) is 7. The Balaban J connectivity index is 1.46. The standard InChI is InChI=1S/C39H49N3O7/c1-5-7-16-32(44)40-25-31(28-14-10-8-11-15-28)48-38(47)33-30-19-20-39(49-30)34(33)36(45)42(22-12-9-13-23-43)35(39)37(46)41(21-6-2)29-24-26(3)17-18-27(29)4/h5-6,8,10-11,14-15,17-18,24,30-31,33-35,43H,1-2,7,9,12-13,16,19-23,25H2,3-4H3,(H,40,44)/t30-,31-,33+,34+,35-,39+/m1/s1. The third kappa shape index (κ3) is 7.35. The van der Waals surface area contributed by atoms with Crippen LogP contribution in [0.4, 0.5) is 5.69 Å². The number of benzene rings is 2. The van der Waals surface area contributed by atoms with Gasteiger partial charge in [0.1, 0.15) is 17.7 Å². The molecule has 2 bridgehead atoms. The summed E-state index contributed by atoms with van der Waals surface area (Å²) in [5.41, 5.74) is 2.16. The van der Waals surface area contributed by atoms with Crippen LogP contribution in [0.2, 0.25) is 0 Å². The SMILES string of the molecule is C=CCCC(=O)NC[C@@H](OC(=O)[C@@H]1[C@H]2C(=O)N(CCCCCO)[C@H](C(=O)N(CC=C)c3cc(C)ccc3C)[C@]23CC[C@H]1O3)c1ccccc1. The third-order valence-electron chi connectivity index (χ3n) is 10.1. The lowest BCUT2D eigenvalue weighted by atomic mass is 9.70. The minimum absolute atomic E-state index is 0.0403. The Kier molecular flexibility index (Phi) is 11.7. The second kappa shape index (κ2) is 16.0. The van der Waals surface area contributed by atoms with Gasteiger partial charge in [-0.05, 0) is 75.1 Å². The van der Waals surface area contributed by atoms with E-state index in [1.54, 1.807) is 22.0 Å². The van der Waals surface area contributed by atoms with Gasteiger partial charge in [0.25, 0.3) is 5.91 Å². The first-order valence-electron chi connectivity index (χ1n) is 17.4. The van der Waals surface area contributed by atoms with Crippen LogP contribution < -0.4 is 10.2 Å². The molecule has 3 fully saturated rings. The minimum Gasteiger partial charge on any atom is -0.455 e. The van der Waals surface area contributed by atoms with Crippen LogP contribution in [0.3, 0.4) is 0 Å². The van der Waals surface area contributed by atoms with Crippen molar-refractivity contribution in [2.45, 2.75) is 82.6 Å². The zero-order valence-corrected chi connectivity index (χ0v) is 28.6. The molecule has 0 aromatic heterocycles. The summed E-state index contributed by atoms with van der Waals surface area (Å²) in [6, 6.07) is 14.2. The van der Waals surface area contributed by atoms with E-state index in [4.69, 9.17) is 9.47 Å². The van der Waals surface area contributed by atoms with E-state index in [0.717, 1.165) is 16.8 Å². The summed E-state index contributed by atoms with van der Waals surface area (Å²) >= 11 is 0. The molecule has 262 valence electrons. The number of fused-ring (bicyclic) bond motifs is 1. The maximum atomic E-state index is 14.8. The first-order chi connectivity index (χ1) is 23.7. The summed E-state index contributed by atoms with van der Waals surface area (Å²) in [4.78, 5) is 59.3. The number of amides is 3. The van der Waals surface area contributed by atoms with Crippen LogP contribution in [-0.4, -0.2) is 77.7 Å². The fourth-order valence-corrected chi connectivity index (χ4v) is 7.75. The van der Waals surface area contributed by atoms with Crippen LogP contribution in [-0.2, 0) is 28.7 Å². The van der Waals surface area contributed by atoms with Crippen molar-refractivity contribution in [2.75, 3.05) is 31.1 Å². The molecule has 0 unspecified atom stereocenters. The van der Waals surface area contributed by atoms with Crippen molar-refractivity contribution in [1.82, 2.24) is 10.2 Å². The molecule has 2 aromatic carbocycles. The highest BCUT2D eigenvalue weighted by atomic mass is 16.6. The van der Waals surface area contributed by atoms with Crippen molar-refractivity contribution >= 4 is 29.4 Å². The summed E-state index contributed by atoms with van der Waals surface area (Å²) in [7, 11) is 0. The molecule has 1 spiro atoms. The number of unbranched alkanes of at least 4 members (excludes halogenated alkanes) is 2. The molecule has 2 N–H and O–H groups in total. The Labute approximate surface area is 289 Å². The molecule has 3 amide bonds. The van der Waals surface area contributed by atoms with Crippen molar-refractivity contribution in [3.63, 3.8) is 0 Å². The highest BCUT2D eigenvalue weighted by molar-refractivity contribution is 6.05. The van der Waals surface area contributed by atoms with Crippen molar-refractivity contribution < 1.29 is 33.8 Å². The average molecular weight is 672 g/mol. The van der Waals surface area contributed by atoms with Gasteiger partial charge < -0.3 is 29.7 Å². The smallest absolute Gasteiger partial charge is 0.313 e. The Morgan fingerprint density at radius 1 is 1.12 bits per heavy atom. The van der Waals surface area contributed by atoms with Crippen molar-refractivity contribution in [3.8, 4) is 0 Å². The summed E-state index contributed by atoms with van der Waals surface area (Å²) in [6.07, 6.45) is 5.58. The van der Waals surface area contributed by atoms with Gasteiger partial charge in [-0.1, -0.05) is 54.6 Å². The summed E-state index contributed by atoms with van der Waals surface area (Å²) in [6.45, 7) is 12.1. The first kappa shape index (κ1) is 36.0. The van der Waals surface area contributed by atoms with Gasteiger partial charge >= 0.3 is 5.97 Å². The average Bonchev–Trinajstić information content (AvgIpc) is 3.75. The molecule has 10 nitrogen and oxygen atoms in total. The lowest BCUT2D eigenvalue weighted by Gasteiger charge is -2.37. The molecule has 49 heavy (non-hydrogen) atoms. The summed E-state index contributed by atoms with van der Waals surface area (Å²) in [5, 5.41) is 12.2. The number of rotatable bonds is 17. The number of likely N-dealkylation sites (tertiary alicyclic amines) is 1. The summed E-state index contributed by atoms with van der Waals surface area (Å²) in [5.74, 6) is -3.13. The third-order valence-corrected chi connectivity index (χ3v) is 10.1. The number of allylic oxidation sites excluding steroid dienone is 1. The van der Waals surface area contributed by atoms with Gasteiger partial charge in [0.2, 0.25) is 11.8 Å². The van der Waals surface area contributed by atoms with E-state index in [1.165, 1.54) is 0 Å². The number of aliphatic hydroxyl groups is 1. The number of ether oxygens (including phenoxy) is 2. The number of aryl methyl sites for hydroxylation is 2. The number of nitrogens with zero attached hydrogens (tertiary/aromatic N) is 2. The first-order valence-corrected chi connectivity index (χ1v) is 17.4. The Hall–Kier alpha value is -4.28. The van der Waals surface area contributed by atoms with Gasteiger partial charge in [-0.3, -0.25) is 19.2 Å². The van der Waals surface area contributed by atoms with Gasteiger partial charge in [-0.2, -0.15) is 0 Å². The molecule has 5 rings (SSSR count). The second-order valence-corrected chi connectivity index (χ2v) is 13.4. The molecule has 2 aromatic rings.